The van der Waals surface area contributed by atoms with Crippen molar-refractivity contribution in [2.24, 2.45) is 5.10 Å². The van der Waals surface area contributed by atoms with Crippen LogP contribution in [0.1, 0.15) is 27.8 Å². The molecule has 0 radical (unpaired) electrons. The van der Waals surface area contributed by atoms with E-state index in [1.54, 1.807) is 0 Å². The summed E-state index contributed by atoms with van der Waals surface area (Å²) in [6.07, 6.45) is 0. The van der Waals surface area contributed by atoms with Crippen LogP contribution in [0.5, 0.6) is 0 Å². The first kappa shape index (κ1) is 24.2. The second-order valence-corrected chi connectivity index (χ2v) is 9.75. The van der Waals surface area contributed by atoms with Gasteiger partial charge in [-0.2, -0.15) is 0 Å². The van der Waals surface area contributed by atoms with Crippen molar-refractivity contribution in [1.82, 2.24) is 16.1 Å². The summed E-state index contributed by atoms with van der Waals surface area (Å²) in [5.74, 6) is 0.761. The molecule has 0 amide bonds. The van der Waals surface area contributed by atoms with Gasteiger partial charge in [-0.3, -0.25) is 5.43 Å². The van der Waals surface area contributed by atoms with Gasteiger partial charge in [0.1, 0.15) is 5.54 Å². The Hall–Kier alpha value is -4.19. The van der Waals surface area contributed by atoms with E-state index in [0.717, 1.165) is 44.5 Å². The monoisotopic (exact) mass is 558 g/mol. The average Bonchev–Trinajstić information content (AvgIpc) is 3.50. The molecule has 0 fully saturated rings. The smallest absolute Gasteiger partial charge is 0.171 e. The zero-order valence-electron chi connectivity index (χ0n) is 20.8. The first-order chi connectivity index (χ1) is 18.8. The van der Waals surface area contributed by atoms with Gasteiger partial charge in [0, 0.05) is 10.9 Å². The summed E-state index contributed by atoms with van der Waals surface area (Å²) in [5.41, 5.74) is 14.2. The molecule has 1 aliphatic rings. The molecule has 0 saturated heterocycles. The van der Waals surface area contributed by atoms with Crippen molar-refractivity contribution in [3.05, 3.63) is 167 Å². The maximum absolute atomic E-state index is 4.82. The van der Waals surface area contributed by atoms with Gasteiger partial charge in [-0.15, -0.1) is 5.10 Å². The quantitative estimate of drug-likeness (QED) is 0.163. The average molecular weight is 560 g/mol. The lowest BCUT2D eigenvalue weighted by atomic mass is 9.77. The van der Waals surface area contributed by atoms with E-state index in [2.05, 4.69) is 148 Å². The predicted molar refractivity (Wildman–Crippen MR) is 158 cm³/mol. The molecule has 1 aliphatic heterocycles. The maximum atomic E-state index is 4.82. The highest BCUT2D eigenvalue weighted by Gasteiger charge is 2.45. The lowest BCUT2D eigenvalue weighted by Gasteiger charge is -2.42. The van der Waals surface area contributed by atoms with E-state index in [-0.39, 0.29) is 0 Å². The zero-order chi connectivity index (χ0) is 25.8. The molecule has 5 aromatic carbocycles. The van der Waals surface area contributed by atoms with Crippen molar-refractivity contribution in [3.8, 4) is 11.1 Å². The Labute approximate surface area is 231 Å². The van der Waals surface area contributed by atoms with E-state index < -0.39 is 5.54 Å². The van der Waals surface area contributed by atoms with Gasteiger partial charge < -0.3 is 0 Å². The number of hydrazine groups is 2. The maximum Gasteiger partial charge on any atom is 0.171 e. The number of hydrogen-bond donors (Lipinski definition) is 2. The normalized spacial score (nSPS) is 13.4. The molecule has 4 nitrogen and oxygen atoms in total. The highest BCUT2D eigenvalue weighted by Crippen LogP contribution is 2.41. The second-order valence-electron chi connectivity index (χ2n) is 9.19. The zero-order valence-corrected chi connectivity index (χ0v) is 22.3. The molecule has 0 atom stereocenters. The molecule has 0 bridgehead atoms. The van der Waals surface area contributed by atoms with Crippen LogP contribution in [-0.4, -0.2) is 11.0 Å². The van der Waals surface area contributed by atoms with Crippen LogP contribution in [0.25, 0.3) is 11.1 Å². The Kier molecular flexibility index (Phi) is 6.78. The van der Waals surface area contributed by atoms with Gasteiger partial charge in [0.15, 0.2) is 5.84 Å². The summed E-state index contributed by atoms with van der Waals surface area (Å²) in [6, 6.07) is 48.7. The summed E-state index contributed by atoms with van der Waals surface area (Å²) < 4.78 is 0. The molecular weight excluding hydrogens is 532 g/mol. The molecular formula is C33H27BrN4. The van der Waals surface area contributed by atoms with Crippen LogP contribution < -0.4 is 11.0 Å². The van der Waals surface area contributed by atoms with Gasteiger partial charge >= 0.3 is 0 Å². The van der Waals surface area contributed by atoms with Crippen LogP contribution >= 0.6 is 15.9 Å². The molecule has 0 aromatic heterocycles. The van der Waals surface area contributed by atoms with Gasteiger partial charge in [-0.25, -0.2) is 5.53 Å². The first-order valence-electron chi connectivity index (χ1n) is 12.6. The molecule has 5 aromatic rings. The largest absolute Gasteiger partial charge is 0.281 e. The fourth-order valence-electron chi connectivity index (χ4n) is 5.18. The van der Waals surface area contributed by atoms with E-state index in [0.29, 0.717) is 0 Å². The minimum Gasteiger partial charge on any atom is -0.281 e. The minimum absolute atomic E-state index is 0.693. The van der Waals surface area contributed by atoms with Crippen LogP contribution in [0.3, 0.4) is 0 Å². The van der Waals surface area contributed by atoms with Gasteiger partial charge in [-0.05, 0) is 33.4 Å². The van der Waals surface area contributed by atoms with Crippen LogP contribution in [-0.2, 0) is 10.9 Å². The molecule has 0 spiro atoms. The number of nitrogens with one attached hydrogen (secondary N) is 2. The summed E-state index contributed by atoms with van der Waals surface area (Å²) in [7, 11) is 0. The third-order valence-corrected chi connectivity index (χ3v) is 7.64. The van der Waals surface area contributed by atoms with E-state index >= 15 is 0 Å². The molecule has 0 aliphatic carbocycles. The third-order valence-electron chi connectivity index (χ3n) is 6.99. The second kappa shape index (κ2) is 10.7. The van der Waals surface area contributed by atoms with Crippen LogP contribution in [0.15, 0.2) is 145 Å². The Morgan fingerprint density at radius 1 is 0.579 bits per heavy atom. The fourth-order valence-corrected chi connectivity index (χ4v) is 5.55. The summed E-state index contributed by atoms with van der Waals surface area (Å²) in [5, 5.41) is 7.68. The predicted octanol–water partition coefficient (Wildman–Crippen LogP) is 7.23. The van der Waals surface area contributed by atoms with Crippen molar-refractivity contribution in [3.63, 3.8) is 0 Å². The standard InChI is InChI=1S/C33H27BrN4/c34-24-25-20-22-26(23-21-25)30-18-10-11-19-31(30)32-35-37-38(36-32)33(27-12-4-1-5-13-27,28-14-6-2-7-15-28)29-16-8-3-9-17-29/h1-23,37H,24H2,(H,35,36). The Balaban J connectivity index is 1.46. The number of halogens is 1. The van der Waals surface area contributed by atoms with Gasteiger partial charge in [-0.1, -0.05) is 161 Å². The lowest BCUT2D eigenvalue weighted by Crippen LogP contribution is -2.57. The van der Waals surface area contributed by atoms with E-state index in [1.165, 1.54) is 5.56 Å². The Morgan fingerprint density at radius 3 is 1.55 bits per heavy atom. The van der Waals surface area contributed by atoms with Crippen LogP contribution in [0.4, 0.5) is 0 Å². The molecule has 0 saturated carbocycles. The highest BCUT2D eigenvalue weighted by atomic mass is 79.9. The number of nitrogens with zero attached hydrogens (tertiary/aromatic N) is 2. The molecule has 0 unspecified atom stereocenters. The lowest BCUT2D eigenvalue weighted by molar-refractivity contribution is 0.0761. The molecule has 1 heterocycles. The number of amidine groups is 1. The topological polar surface area (TPSA) is 39.7 Å². The van der Waals surface area contributed by atoms with Crippen molar-refractivity contribution in [2.45, 2.75) is 10.9 Å². The fraction of sp³-hybridized carbons (Fsp3) is 0.0606. The number of hydrazone groups is 1. The Bertz CT molecular complexity index is 1440. The van der Waals surface area contributed by atoms with Crippen molar-refractivity contribution in [2.75, 3.05) is 0 Å². The van der Waals surface area contributed by atoms with Crippen molar-refractivity contribution in [1.29, 1.82) is 0 Å². The molecule has 6 rings (SSSR count). The Morgan fingerprint density at radius 2 is 1.05 bits per heavy atom. The van der Waals surface area contributed by atoms with Crippen LogP contribution in [0.2, 0.25) is 0 Å². The summed E-state index contributed by atoms with van der Waals surface area (Å²) in [6.45, 7) is 0. The first-order valence-corrected chi connectivity index (χ1v) is 13.7. The summed E-state index contributed by atoms with van der Waals surface area (Å²) >= 11 is 3.55. The number of hydrogen-bond acceptors (Lipinski definition) is 4. The third kappa shape index (κ3) is 4.30. The minimum atomic E-state index is -0.693. The molecule has 186 valence electrons. The number of benzene rings is 5. The van der Waals surface area contributed by atoms with E-state index in [9.17, 15) is 0 Å². The van der Waals surface area contributed by atoms with Gasteiger partial charge in [0.25, 0.3) is 0 Å². The van der Waals surface area contributed by atoms with E-state index in [4.69, 9.17) is 5.10 Å². The van der Waals surface area contributed by atoms with Gasteiger partial charge in [0.2, 0.25) is 0 Å². The number of alkyl halides is 1. The SMILES string of the molecule is BrCc1ccc(-c2ccccc2C2=NNN(C(c3ccccc3)(c3ccccc3)c3ccccc3)N2)cc1. The molecule has 2 N–H and O–H groups in total. The van der Waals surface area contributed by atoms with Crippen molar-refractivity contribution >= 4 is 21.8 Å². The highest BCUT2D eigenvalue weighted by molar-refractivity contribution is 9.08. The molecule has 38 heavy (non-hydrogen) atoms. The van der Waals surface area contributed by atoms with Crippen molar-refractivity contribution < 1.29 is 0 Å². The number of rotatable bonds is 7. The molecule has 5 heteroatoms. The van der Waals surface area contributed by atoms with E-state index in [1.807, 2.05) is 23.3 Å². The summed E-state index contributed by atoms with van der Waals surface area (Å²) in [4.78, 5) is 0. The van der Waals surface area contributed by atoms with Gasteiger partial charge in [0.05, 0.1) is 0 Å². The van der Waals surface area contributed by atoms with Crippen LogP contribution in [0, 0.1) is 0 Å².